The van der Waals surface area contributed by atoms with Crippen LogP contribution in [0, 0.1) is 10.8 Å². The monoisotopic (exact) mass is 302 g/mol. The van der Waals surface area contributed by atoms with Gasteiger partial charge in [-0.15, -0.1) is 0 Å². The third-order valence-corrected chi connectivity index (χ3v) is 4.00. The van der Waals surface area contributed by atoms with Crippen molar-refractivity contribution in [3.63, 3.8) is 0 Å². The Bertz CT molecular complexity index is 426. The van der Waals surface area contributed by atoms with Gasteiger partial charge in [-0.3, -0.25) is 0 Å². The molecule has 0 saturated heterocycles. The van der Waals surface area contributed by atoms with Crippen molar-refractivity contribution in [3.8, 4) is 0 Å². The lowest BCUT2D eigenvalue weighted by atomic mass is 9.54. The molecule has 2 atom stereocenters. The highest BCUT2D eigenvalue weighted by molar-refractivity contribution is 5.34. The molecule has 1 rings (SSSR count). The first-order chi connectivity index (χ1) is 8.46. The average Bonchev–Trinajstić information content (AvgIpc) is 2.19. The van der Waals surface area contributed by atoms with Gasteiger partial charge in [0, 0.05) is 10.8 Å². The van der Waals surface area contributed by atoms with E-state index in [0.717, 1.165) is 20.8 Å². The van der Waals surface area contributed by atoms with E-state index in [1.807, 2.05) is 0 Å². The molecule has 0 spiro atoms. The van der Waals surface area contributed by atoms with Gasteiger partial charge in [0.2, 0.25) is 5.67 Å². The van der Waals surface area contributed by atoms with E-state index < -0.39 is 34.0 Å². The summed E-state index contributed by atoms with van der Waals surface area (Å²) >= 11 is 0. The van der Waals surface area contributed by atoms with Crippen LogP contribution in [0.25, 0.3) is 0 Å². The second-order valence-corrected chi connectivity index (χ2v) is 7.40. The minimum absolute atomic E-state index is 0.220. The van der Waals surface area contributed by atoms with E-state index in [1.165, 1.54) is 20.8 Å². The van der Waals surface area contributed by atoms with Crippen molar-refractivity contribution in [2.45, 2.75) is 64.7 Å². The summed E-state index contributed by atoms with van der Waals surface area (Å²) in [4.78, 5) is 0. The molecule has 0 N–H and O–H groups in total. The van der Waals surface area contributed by atoms with E-state index in [2.05, 4.69) is 0 Å². The molecule has 0 aliphatic heterocycles. The average molecular weight is 302 g/mol. The van der Waals surface area contributed by atoms with Crippen LogP contribution in [0.15, 0.2) is 12.2 Å². The minimum atomic E-state index is -5.16. The first kappa shape index (κ1) is 17.4. The predicted molar refractivity (Wildman–Crippen MR) is 65.6 cm³/mol. The molecule has 0 saturated carbocycles. The van der Waals surface area contributed by atoms with Crippen LogP contribution < -0.4 is 0 Å². The molecule has 1 aliphatic carbocycles. The molecule has 0 amide bonds. The Labute approximate surface area is 115 Å². The van der Waals surface area contributed by atoms with Crippen LogP contribution in [-0.2, 0) is 0 Å². The lowest BCUT2D eigenvalue weighted by Crippen LogP contribution is -2.75. The minimum Gasteiger partial charge on any atom is -0.235 e. The summed E-state index contributed by atoms with van der Waals surface area (Å²) in [5.74, 6) is -9.90. The molecule has 0 bridgehead atoms. The Morgan fingerprint density at radius 2 is 1.05 bits per heavy atom. The van der Waals surface area contributed by atoms with Gasteiger partial charge in [-0.05, 0) is 12.2 Å². The molecule has 0 heterocycles. The molecule has 2 unspecified atom stereocenters. The van der Waals surface area contributed by atoms with Gasteiger partial charge in [0.05, 0.1) is 0 Å². The van der Waals surface area contributed by atoms with E-state index in [0.29, 0.717) is 0 Å². The van der Waals surface area contributed by atoms with Gasteiger partial charge in [0.1, 0.15) is 0 Å². The predicted octanol–water partition coefficient (Wildman–Crippen LogP) is 5.34. The molecular weight excluding hydrogens is 282 g/mol. The van der Waals surface area contributed by atoms with Gasteiger partial charge in [-0.2, -0.15) is 17.6 Å². The van der Waals surface area contributed by atoms with E-state index in [4.69, 9.17) is 0 Å². The number of rotatable bonds is 0. The van der Waals surface area contributed by atoms with Gasteiger partial charge in [0.15, 0.2) is 5.67 Å². The summed E-state index contributed by atoms with van der Waals surface area (Å²) in [7, 11) is 0. The van der Waals surface area contributed by atoms with Crippen molar-refractivity contribution in [2.75, 3.05) is 0 Å². The summed E-state index contributed by atoms with van der Waals surface area (Å²) in [5.41, 5.74) is -10.9. The maximum atomic E-state index is 15.2. The second-order valence-electron chi connectivity index (χ2n) is 7.40. The van der Waals surface area contributed by atoms with E-state index in [9.17, 15) is 17.6 Å². The topological polar surface area (TPSA) is 0 Å². The lowest BCUT2D eigenvalue weighted by molar-refractivity contribution is -0.326. The van der Waals surface area contributed by atoms with Crippen LogP contribution in [0.2, 0.25) is 0 Å². The van der Waals surface area contributed by atoms with E-state index in [-0.39, 0.29) is 12.2 Å². The van der Waals surface area contributed by atoms with Gasteiger partial charge < -0.3 is 0 Å². The molecule has 20 heavy (non-hydrogen) atoms. The zero-order valence-electron chi connectivity index (χ0n) is 12.4. The molecule has 1 aliphatic rings. The molecule has 0 aromatic rings. The zero-order valence-corrected chi connectivity index (χ0v) is 12.4. The highest BCUT2D eigenvalue weighted by Crippen LogP contribution is 2.65. The molecule has 0 nitrogen and oxygen atoms in total. The molecule has 6 heteroatoms. The van der Waals surface area contributed by atoms with Crippen LogP contribution in [0.5, 0.6) is 0 Å². The largest absolute Gasteiger partial charge is 0.351 e. The van der Waals surface area contributed by atoms with Gasteiger partial charge >= 0.3 is 11.8 Å². The normalized spacial score (nSPS) is 37.0. The van der Waals surface area contributed by atoms with Crippen LogP contribution >= 0.6 is 0 Å². The standard InChI is InChI=1S/C14H20F6/c1-9(2,3)11(15)7-8-12(16,17)14(19,20)13(11,18)10(4,5)6/h7-8H,1-6H3. The van der Waals surface area contributed by atoms with E-state index in [1.54, 1.807) is 0 Å². The fourth-order valence-electron chi connectivity index (χ4n) is 2.68. The number of hydrogen-bond donors (Lipinski definition) is 0. The van der Waals surface area contributed by atoms with Gasteiger partial charge in [0.25, 0.3) is 0 Å². The lowest BCUT2D eigenvalue weighted by Gasteiger charge is -2.57. The van der Waals surface area contributed by atoms with Gasteiger partial charge in [-0.25, -0.2) is 8.78 Å². The van der Waals surface area contributed by atoms with Crippen LogP contribution in [0.4, 0.5) is 26.3 Å². The molecule has 0 aromatic carbocycles. The van der Waals surface area contributed by atoms with Crippen LogP contribution in [-0.4, -0.2) is 23.2 Å². The molecular formula is C14H20F6. The van der Waals surface area contributed by atoms with Crippen molar-refractivity contribution < 1.29 is 26.3 Å². The van der Waals surface area contributed by atoms with Gasteiger partial charge in [-0.1, -0.05) is 41.5 Å². The third-order valence-electron chi connectivity index (χ3n) is 4.00. The summed E-state index contributed by atoms with van der Waals surface area (Å²) in [5, 5.41) is 0. The van der Waals surface area contributed by atoms with Crippen LogP contribution in [0.1, 0.15) is 41.5 Å². The summed E-state index contributed by atoms with van der Waals surface area (Å²) in [6.07, 6.45) is 0.0392. The maximum Gasteiger partial charge on any atom is 0.351 e. The Morgan fingerprint density at radius 3 is 1.35 bits per heavy atom. The summed E-state index contributed by atoms with van der Waals surface area (Å²) < 4.78 is 85.7. The van der Waals surface area contributed by atoms with E-state index >= 15 is 8.78 Å². The van der Waals surface area contributed by atoms with Crippen molar-refractivity contribution >= 4 is 0 Å². The van der Waals surface area contributed by atoms with Crippen molar-refractivity contribution in [3.05, 3.63) is 12.2 Å². The fourth-order valence-corrected chi connectivity index (χ4v) is 2.68. The number of allylic oxidation sites excluding steroid dienone is 2. The Morgan fingerprint density at radius 1 is 0.650 bits per heavy atom. The fraction of sp³-hybridized carbons (Fsp3) is 0.857. The van der Waals surface area contributed by atoms with Crippen molar-refractivity contribution in [1.82, 2.24) is 0 Å². The Kier molecular flexibility index (Phi) is 3.43. The maximum absolute atomic E-state index is 15.2. The summed E-state index contributed by atoms with van der Waals surface area (Å²) in [6.45, 7) is 6.60. The van der Waals surface area contributed by atoms with Crippen molar-refractivity contribution in [1.29, 1.82) is 0 Å². The molecule has 0 aromatic heterocycles. The third kappa shape index (κ3) is 1.75. The quantitative estimate of drug-likeness (QED) is 0.419. The van der Waals surface area contributed by atoms with Crippen LogP contribution in [0.3, 0.4) is 0 Å². The second kappa shape index (κ2) is 3.95. The number of alkyl halides is 6. The Balaban J connectivity index is 3.81. The molecule has 118 valence electrons. The number of hydrogen-bond acceptors (Lipinski definition) is 0. The summed E-state index contributed by atoms with van der Waals surface area (Å²) in [6, 6.07) is 0. The molecule has 0 radical (unpaired) electrons. The SMILES string of the molecule is CC(C)(C)C1(F)C=CC(F)(F)C(F)(F)C1(F)C(C)(C)C. The first-order valence-electron chi connectivity index (χ1n) is 6.29. The smallest absolute Gasteiger partial charge is 0.235 e. The highest BCUT2D eigenvalue weighted by Gasteiger charge is 2.83. The molecule has 0 fully saturated rings. The highest BCUT2D eigenvalue weighted by atomic mass is 19.3. The first-order valence-corrected chi connectivity index (χ1v) is 6.29. The van der Waals surface area contributed by atoms with Crippen molar-refractivity contribution in [2.24, 2.45) is 10.8 Å². The zero-order chi connectivity index (χ0) is 16.4. The Hall–Kier alpha value is -0.680. The number of halogens is 6.